The first-order chi connectivity index (χ1) is 12.8. The summed E-state index contributed by atoms with van der Waals surface area (Å²) >= 11 is 0. The summed E-state index contributed by atoms with van der Waals surface area (Å²) in [6.07, 6.45) is 5.74. The van der Waals surface area contributed by atoms with E-state index in [-0.39, 0.29) is 0 Å². The molecule has 0 bridgehead atoms. The summed E-state index contributed by atoms with van der Waals surface area (Å²) in [5, 5.41) is 11.9. The molecule has 138 valence electrons. The fraction of sp³-hybridized carbons (Fsp3) is 0.400. The number of methoxy groups -OCH3 is 1. The number of hydrogen-bond donors (Lipinski definition) is 1. The molecule has 3 rings (SSSR count). The minimum Gasteiger partial charge on any atom is -0.493 e. The molecule has 6 nitrogen and oxygen atoms in total. The van der Waals surface area contributed by atoms with Gasteiger partial charge in [-0.15, -0.1) is 5.10 Å². The van der Waals surface area contributed by atoms with E-state index in [9.17, 15) is 0 Å². The highest BCUT2D eigenvalue weighted by molar-refractivity contribution is 5.43. The molecule has 2 aromatic rings. The zero-order valence-corrected chi connectivity index (χ0v) is 15.2. The van der Waals surface area contributed by atoms with Crippen molar-refractivity contribution in [3.8, 4) is 11.5 Å². The average molecular weight is 354 g/mol. The van der Waals surface area contributed by atoms with E-state index in [1.54, 1.807) is 19.4 Å². The lowest BCUT2D eigenvalue weighted by Crippen LogP contribution is -2.45. The second-order valence-electron chi connectivity index (χ2n) is 6.33. The second kappa shape index (κ2) is 9.20. The number of anilines is 1. The molecule has 26 heavy (non-hydrogen) atoms. The highest BCUT2D eigenvalue weighted by Crippen LogP contribution is 2.28. The van der Waals surface area contributed by atoms with Gasteiger partial charge in [0, 0.05) is 31.9 Å². The topological polar surface area (TPSA) is 59.5 Å². The number of nitrogens with one attached hydrogen (secondary N) is 1. The van der Waals surface area contributed by atoms with E-state index in [0.717, 1.165) is 49.8 Å². The lowest BCUT2D eigenvalue weighted by atomic mass is 10.1. The maximum absolute atomic E-state index is 5.61. The summed E-state index contributed by atoms with van der Waals surface area (Å²) < 4.78 is 11.0. The first-order valence-electron chi connectivity index (χ1n) is 8.97. The molecule has 1 N–H and O–H groups in total. The molecule has 0 spiro atoms. The molecule has 0 radical (unpaired) electrons. The van der Waals surface area contributed by atoms with E-state index >= 15 is 0 Å². The van der Waals surface area contributed by atoms with Crippen molar-refractivity contribution in [1.82, 2.24) is 15.5 Å². The number of hydrogen-bond acceptors (Lipinski definition) is 6. The van der Waals surface area contributed by atoms with Gasteiger partial charge in [-0.3, -0.25) is 0 Å². The van der Waals surface area contributed by atoms with Crippen molar-refractivity contribution in [3.05, 3.63) is 54.7 Å². The van der Waals surface area contributed by atoms with Crippen molar-refractivity contribution in [2.24, 2.45) is 0 Å². The van der Waals surface area contributed by atoms with Gasteiger partial charge in [-0.2, -0.15) is 5.10 Å². The van der Waals surface area contributed by atoms with Crippen molar-refractivity contribution in [2.45, 2.75) is 25.4 Å². The van der Waals surface area contributed by atoms with Crippen LogP contribution >= 0.6 is 0 Å². The average Bonchev–Trinajstić information content (AvgIpc) is 2.72. The lowest BCUT2D eigenvalue weighted by molar-refractivity contribution is 0.326. The molecular weight excluding hydrogens is 328 g/mol. The summed E-state index contributed by atoms with van der Waals surface area (Å²) in [5.74, 6) is 2.43. The number of rotatable bonds is 8. The standard InChI is InChI=1S/C20H26N4O2/c1-3-12-26-18-9-8-16(13-19(18)25-2)14-21-17-6-5-11-24(15-17)20-7-4-10-22-23-20/h3-4,7-10,13,17,21H,1,5-6,11-12,14-15H2,2H3. The van der Waals surface area contributed by atoms with Gasteiger partial charge in [0.25, 0.3) is 0 Å². The van der Waals surface area contributed by atoms with Gasteiger partial charge < -0.3 is 19.7 Å². The first kappa shape index (κ1) is 18.2. The monoisotopic (exact) mass is 354 g/mol. The quantitative estimate of drug-likeness (QED) is 0.736. The number of aromatic nitrogens is 2. The van der Waals surface area contributed by atoms with Gasteiger partial charge in [-0.25, -0.2) is 0 Å². The Morgan fingerprint density at radius 2 is 2.27 bits per heavy atom. The molecule has 1 aromatic heterocycles. The minimum absolute atomic E-state index is 0.424. The van der Waals surface area contributed by atoms with Gasteiger partial charge in [-0.05, 0) is 42.7 Å². The van der Waals surface area contributed by atoms with Crippen molar-refractivity contribution < 1.29 is 9.47 Å². The normalized spacial score (nSPS) is 17.0. The third-order valence-electron chi connectivity index (χ3n) is 4.48. The van der Waals surface area contributed by atoms with E-state index in [2.05, 4.69) is 33.1 Å². The Labute approximate surface area is 154 Å². The van der Waals surface area contributed by atoms with Crippen LogP contribution in [0.4, 0.5) is 5.82 Å². The van der Waals surface area contributed by atoms with Gasteiger partial charge >= 0.3 is 0 Å². The van der Waals surface area contributed by atoms with Crippen LogP contribution in [0.15, 0.2) is 49.2 Å². The van der Waals surface area contributed by atoms with Gasteiger partial charge in [0.15, 0.2) is 17.3 Å². The van der Waals surface area contributed by atoms with Crippen LogP contribution in [0.25, 0.3) is 0 Å². The number of nitrogens with zero attached hydrogens (tertiary/aromatic N) is 3. The predicted molar refractivity (Wildman–Crippen MR) is 103 cm³/mol. The zero-order valence-electron chi connectivity index (χ0n) is 15.2. The van der Waals surface area contributed by atoms with Crippen LogP contribution in [-0.4, -0.2) is 43.0 Å². The van der Waals surface area contributed by atoms with Crippen LogP contribution in [0.1, 0.15) is 18.4 Å². The van der Waals surface area contributed by atoms with Crippen LogP contribution in [-0.2, 0) is 6.54 Å². The third kappa shape index (κ3) is 4.73. The molecule has 0 amide bonds. The maximum atomic E-state index is 5.61. The number of benzene rings is 1. The molecule has 2 heterocycles. The summed E-state index contributed by atoms with van der Waals surface area (Å²) in [5.41, 5.74) is 1.17. The fourth-order valence-electron chi connectivity index (χ4n) is 3.17. The highest BCUT2D eigenvalue weighted by Gasteiger charge is 2.20. The van der Waals surface area contributed by atoms with Gasteiger partial charge in [0.2, 0.25) is 0 Å². The number of piperidine rings is 1. The van der Waals surface area contributed by atoms with E-state index in [1.807, 2.05) is 24.3 Å². The van der Waals surface area contributed by atoms with Crippen LogP contribution in [0.5, 0.6) is 11.5 Å². The summed E-state index contributed by atoms with van der Waals surface area (Å²) in [6, 6.07) is 10.4. The van der Waals surface area contributed by atoms with Gasteiger partial charge in [0.1, 0.15) is 6.61 Å². The Balaban J connectivity index is 1.57. The molecule has 0 aliphatic carbocycles. The largest absolute Gasteiger partial charge is 0.493 e. The zero-order chi connectivity index (χ0) is 18.2. The Kier molecular flexibility index (Phi) is 6.44. The second-order valence-corrected chi connectivity index (χ2v) is 6.33. The Morgan fingerprint density at radius 3 is 3.04 bits per heavy atom. The van der Waals surface area contributed by atoms with E-state index in [4.69, 9.17) is 9.47 Å². The first-order valence-corrected chi connectivity index (χ1v) is 8.97. The molecule has 1 aliphatic heterocycles. The van der Waals surface area contributed by atoms with Crippen molar-refractivity contribution in [3.63, 3.8) is 0 Å². The van der Waals surface area contributed by atoms with Gasteiger partial charge in [0.05, 0.1) is 7.11 Å². The Hall–Kier alpha value is -2.60. The van der Waals surface area contributed by atoms with E-state index < -0.39 is 0 Å². The maximum Gasteiger partial charge on any atom is 0.161 e. The van der Waals surface area contributed by atoms with Crippen molar-refractivity contribution in [2.75, 3.05) is 31.7 Å². The molecule has 1 aromatic carbocycles. The number of ether oxygens (including phenoxy) is 2. The van der Waals surface area contributed by atoms with Crippen LogP contribution < -0.4 is 19.7 Å². The Bertz CT molecular complexity index is 708. The van der Waals surface area contributed by atoms with Crippen LogP contribution in [0.3, 0.4) is 0 Å². The SMILES string of the molecule is C=CCOc1ccc(CNC2CCCN(c3cccnn3)C2)cc1OC. The van der Waals surface area contributed by atoms with Crippen molar-refractivity contribution >= 4 is 5.82 Å². The van der Waals surface area contributed by atoms with Crippen molar-refractivity contribution in [1.29, 1.82) is 0 Å². The summed E-state index contributed by atoms with van der Waals surface area (Å²) in [4.78, 5) is 2.29. The van der Waals surface area contributed by atoms with E-state index in [0.29, 0.717) is 12.6 Å². The molecule has 1 unspecified atom stereocenters. The lowest BCUT2D eigenvalue weighted by Gasteiger charge is -2.33. The summed E-state index contributed by atoms with van der Waals surface area (Å²) in [7, 11) is 1.66. The predicted octanol–water partition coefficient (Wildman–Crippen LogP) is 2.81. The molecule has 1 atom stereocenters. The molecule has 1 saturated heterocycles. The van der Waals surface area contributed by atoms with E-state index in [1.165, 1.54) is 5.56 Å². The minimum atomic E-state index is 0.424. The fourth-order valence-corrected chi connectivity index (χ4v) is 3.17. The molecule has 1 aliphatic rings. The third-order valence-corrected chi connectivity index (χ3v) is 4.48. The smallest absolute Gasteiger partial charge is 0.161 e. The van der Waals surface area contributed by atoms with Gasteiger partial charge in [-0.1, -0.05) is 18.7 Å². The highest BCUT2D eigenvalue weighted by atomic mass is 16.5. The molecule has 1 fully saturated rings. The Morgan fingerprint density at radius 1 is 1.35 bits per heavy atom. The van der Waals surface area contributed by atoms with Crippen LogP contribution in [0, 0.1) is 0 Å². The van der Waals surface area contributed by atoms with Crippen LogP contribution in [0.2, 0.25) is 0 Å². The molecule has 6 heteroatoms. The molecular formula is C20H26N4O2. The molecule has 0 saturated carbocycles. The summed E-state index contributed by atoms with van der Waals surface area (Å²) in [6.45, 7) is 6.89.